The van der Waals surface area contributed by atoms with E-state index in [1.54, 1.807) is 19.5 Å². The predicted octanol–water partition coefficient (Wildman–Crippen LogP) is 6.47. The monoisotopic (exact) mass is 444 g/mol. The molecule has 0 spiro atoms. The van der Waals surface area contributed by atoms with Gasteiger partial charge in [-0.05, 0) is 71.5 Å². The maximum Gasteiger partial charge on any atom is 0.163 e. The van der Waals surface area contributed by atoms with E-state index in [9.17, 15) is 0 Å². The van der Waals surface area contributed by atoms with E-state index in [0.717, 1.165) is 52.0 Å². The highest BCUT2D eigenvalue weighted by Crippen LogP contribution is 2.36. The lowest BCUT2D eigenvalue weighted by Crippen LogP contribution is -2.10. The quantitative estimate of drug-likeness (QED) is 0.337. The van der Waals surface area contributed by atoms with Crippen LogP contribution in [-0.4, -0.2) is 22.1 Å². The molecule has 5 aromatic rings. The minimum atomic E-state index is 0.219. The molecule has 0 saturated heterocycles. The highest BCUT2D eigenvalue weighted by Gasteiger charge is 2.23. The van der Waals surface area contributed by atoms with Crippen molar-refractivity contribution in [2.45, 2.75) is 18.9 Å². The van der Waals surface area contributed by atoms with Crippen molar-refractivity contribution in [3.8, 4) is 28.3 Å². The Balaban J connectivity index is 1.49. The first kappa shape index (κ1) is 20.4. The smallest absolute Gasteiger partial charge is 0.163 e. The zero-order chi connectivity index (χ0) is 22.9. The fourth-order valence-electron chi connectivity index (χ4n) is 4.72. The zero-order valence-corrected chi connectivity index (χ0v) is 18.9. The standard InChI is InChI=1S/C29H24N4O/c1-34-23-9-4-7-20(16-23)21-12-14-27-25(17-21)29(33-28(31-27)22-8-5-15-30-18-22)32-26-13-11-19-6-2-3-10-24(19)26/h2-10,12,14-18,26H,11,13H2,1H3,(H,31,32,33). The molecule has 5 nitrogen and oxygen atoms in total. The number of ether oxygens (including phenoxy) is 1. The number of anilines is 1. The van der Waals surface area contributed by atoms with E-state index in [2.05, 4.69) is 58.8 Å². The van der Waals surface area contributed by atoms with E-state index in [0.29, 0.717) is 5.82 Å². The fraction of sp³-hybridized carbons (Fsp3) is 0.138. The van der Waals surface area contributed by atoms with E-state index in [1.165, 1.54) is 11.1 Å². The number of methoxy groups -OCH3 is 1. The average Bonchev–Trinajstić information content (AvgIpc) is 3.31. The van der Waals surface area contributed by atoms with Gasteiger partial charge in [0.25, 0.3) is 0 Å². The van der Waals surface area contributed by atoms with Crippen LogP contribution >= 0.6 is 0 Å². The Morgan fingerprint density at radius 1 is 0.853 bits per heavy atom. The molecule has 0 bridgehead atoms. The summed E-state index contributed by atoms with van der Waals surface area (Å²) in [6.07, 6.45) is 5.68. The largest absolute Gasteiger partial charge is 0.497 e. The fourth-order valence-corrected chi connectivity index (χ4v) is 4.72. The Bertz CT molecular complexity index is 1480. The molecular weight excluding hydrogens is 420 g/mol. The third kappa shape index (κ3) is 3.75. The summed E-state index contributed by atoms with van der Waals surface area (Å²) < 4.78 is 5.43. The lowest BCUT2D eigenvalue weighted by Gasteiger charge is -2.18. The van der Waals surface area contributed by atoms with E-state index < -0.39 is 0 Å². The third-order valence-corrected chi connectivity index (χ3v) is 6.46. The van der Waals surface area contributed by atoms with Gasteiger partial charge in [0.2, 0.25) is 0 Å². The number of nitrogens with one attached hydrogen (secondary N) is 1. The van der Waals surface area contributed by atoms with E-state index >= 15 is 0 Å². The van der Waals surface area contributed by atoms with Crippen LogP contribution in [0.1, 0.15) is 23.6 Å². The molecule has 2 heterocycles. The van der Waals surface area contributed by atoms with Gasteiger partial charge < -0.3 is 10.1 Å². The molecule has 166 valence electrons. The number of benzene rings is 3. The molecule has 1 atom stereocenters. The Labute approximate surface area is 198 Å². The van der Waals surface area contributed by atoms with Crippen LogP contribution in [0.25, 0.3) is 33.4 Å². The van der Waals surface area contributed by atoms with E-state index in [4.69, 9.17) is 14.7 Å². The molecule has 0 fully saturated rings. The molecular formula is C29H24N4O. The first-order chi connectivity index (χ1) is 16.8. The molecule has 0 aliphatic heterocycles. The van der Waals surface area contributed by atoms with Crippen molar-refractivity contribution in [1.82, 2.24) is 15.0 Å². The van der Waals surface area contributed by atoms with Crippen LogP contribution in [0.15, 0.2) is 91.3 Å². The van der Waals surface area contributed by atoms with Crippen molar-refractivity contribution in [3.63, 3.8) is 0 Å². The van der Waals surface area contributed by atoms with Gasteiger partial charge in [0.05, 0.1) is 18.7 Å². The SMILES string of the molecule is COc1cccc(-c2ccc3nc(-c4cccnc4)nc(NC4CCc5ccccc54)c3c2)c1. The summed E-state index contributed by atoms with van der Waals surface area (Å²) in [4.78, 5) is 14.1. The van der Waals surface area contributed by atoms with Crippen LogP contribution in [0.5, 0.6) is 5.75 Å². The molecule has 1 aliphatic carbocycles. The van der Waals surface area contributed by atoms with Crippen LogP contribution in [-0.2, 0) is 6.42 Å². The Hall–Kier alpha value is -4.25. The summed E-state index contributed by atoms with van der Waals surface area (Å²) in [7, 11) is 1.69. The van der Waals surface area contributed by atoms with Gasteiger partial charge in [-0.25, -0.2) is 9.97 Å². The van der Waals surface area contributed by atoms with Crippen LogP contribution < -0.4 is 10.1 Å². The van der Waals surface area contributed by atoms with Crippen LogP contribution in [0.4, 0.5) is 5.82 Å². The number of hydrogen-bond acceptors (Lipinski definition) is 5. The van der Waals surface area contributed by atoms with Crippen molar-refractivity contribution in [2.24, 2.45) is 0 Å². The first-order valence-electron chi connectivity index (χ1n) is 11.5. The molecule has 1 N–H and O–H groups in total. The molecule has 6 rings (SSSR count). The van der Waals surface area contributed by atoms with Gasteiger partial charge in [0.1, 0.15) is 11.6 Å². The molecule has 1 unspecified atom stereocenters. The average molecular weight is 445 g/mol. The second kappa shape index (κ2) is 8.60. The van der Waals surface area contributed by atoms with Gasteiger partial charge in [0.15, 0.2) is 5.82 Å². The Morgan fingerprint density at radius 3 is 2.62 bits per heavy atom. The summed E-state index contributed by atoms with van der Waals surface area (Å²) in [6, 6.07) is 27.2. The summed E-state index contributed by atoms with van der Waals surface area (Å²) in [6.45, 7) is 0. The second-order valence-electron chi connectivity index (χ2n) is 8.54. The lowest BCUT2D eigenvalue weighted by atomic mass is 10.0. The molecule has 2 aromatic heterocycles. The number of aromatic nitrogens is 3. The number of pyridine rings is 1. The normalized spacial score (nSPS) is 14.7. The number of rotatable bonds is 5. The number of hydrogen-bond donors (Lipinski definition) is 1. The van der Waals surface area contributed by atoms with Gasteiger partial charge in [-0.3, -0.25) is 4.98 Å². The minimum absolute atomic E-state index is 0.219. The molecule has 5 heteroatoms. The molecule has 34 heavy (non-hydrogen) atoms. The Morgan fingerprint density at radius 2 is 1.74 bits per heavy atom. The van der Waals surface area contributed by atoms with Crippen molar-refractivity contribution < 1.29 is 4.74 Å². The van der Waals surface area contributed by atoms with Gasteiger partial charge in [-0.1, -0.05) is 42.5 Å². The molecule has 0 saturated carbocycles. The third-order valence-electron chi connectivity index (χ3n) is 6.46. The number of aryl methyl sites for hydroxylation is 1. The van der Waals surface area contributed by atoms with Crippen molar-refractivity contribution in [3.05, 3.63) is 102 Å². The van der Waals surface area contributed by atoms with Gasteiger partial charge >= 0.3 is 0 Å². The highest BCUT2D eigenvalue weighted by molar-refractivity contribution is 5.94. The molecule has 0 radical (unpaired) electrons. The molecule has 3 aromatic carbocycles. The van der Waals surface area contributed by atoms with E-state index in [-0.39, 0.29) is 6.04 Å². The van der Waals surface area contributed by atoms with Crippen LogP contribution in [0.3, 0.4) is 0 Å². The van der Waals surface area contributed by atoms with E-state index in [1.807, 2.05) is 30.3 Å². The predicted molar refractivity (Wildman–Crippen MR) is 136 cm³/mol. The van der Waals surface area contributed by atoms with Crippen molar-refractivity contribution >= 4 is 16.7 Å². The maximum atomic E-state index is 5.43. The van der Waals surface area contributed by atoms with Crippen LogP contribution in [0, 0.1) is 0 Å². The first-order valence-corrected chi connectivity index (χ1v) is 11.5. The number of nitrogens with zero attached hydrogens (tertiary/aromatic N) is 3. The zero-order valence-electron chi connectivity index (χ0n) is 18.9. The second-order valence-corrected chi connectivity index (χ2v) is 8.54. The van der Waals surface area contributed by atoms with Gasteiger partial charge in [0, 0.05) is 23.3 Å². The van der Waals surface area contributed by atoms with Gasteiger partial charge in [-0.2, -0.15) is 0 Å². The topological polar surface area (TPSA) is 59.9 Å². The summed E-state index contributed by atoms with van der Waals surface area (Å²) in [5.74, 6) is 2.35. The van der Waals surface area contributed by atoms with Crippen LogP contribution in [0.2, 0.25) is 0 Å². The van der Waals surface area contributed by atoms with Gasteiger partial charge in [-0.15, -0.1) is 0 Å². The van der Waals surface area contributed by atoms with Crippen molar-refractivity contribution in [2.75, 3.05) is 12.4 Å². The summed E-state index contributed by atoms with van der Waals surface area (Å²) in [5, 5.41) is 4.75. The lowest BCUT2D eigenvalue weighted by molar-refractivity contribution is 0.415. The molecule has 1 aliphatic rings. The highest BCUT2D eigenvalue weighted by atomic mass is 16.5. The number of fused-ring (bicyclic) bond motifs is 2. The Kier molecular flexibility index (Phi) is 5.15. The molecule has 0 amide bonds. The maximum absolute atomic E-state index is 5.43. The minimum Gasteiger partial charge on any atom is -0.497 e. The summed E-state index contributed by atoms with van der Waals surface area (Å²) in [5.41, 5.74) is 6.74. The summed E-state index contributed by atoms with van der Waals surface area (Å²) >= 11 is 0. The van der Waals surface area contributed by atoms with Crippen molar-refractivity contribution in [1.29, 1.82) is 0 Å².